The van der Waals surface area contributed by atoms with Gasteiger partial charge in [0.2, 0.25) is 0 Å². The van der Waals surface area contributed by atoms with Crippen LogP contribution in [0.3, 0.4) is 0 Å². The zero-order valence-corrected chi connectivity index (χ0v) is 9.79. The molecule has 0 heterocycles. The first kappa shape index (κ1) is 11.4. The number of ether oxygens (including phenoxy) is 1. The first-order valence-electron chi connectivity index (χ1n) is 5.99. The minimum absolute atomic E-state index is 0.119. The molecule has 2 nitrogen and oxygen atoms in total. The van der Waals surface area contributed by atoms with Crippen molar-refractivity contribution in [1.29, 1.82) is 0 Å². The number of hydrogen-bond donors (Lipinski definition) is 0. The minimum Gasteiger partial charge on any atom is -0.365 e. The Kier molecular flexibility index (Phi) is 3.16. The summed E-state index contributed by atoms with van der Waals surface area (Å²) in [7, 11) is 1.62. The lowest BCUT2D eigenvalue weighted by Gasteiger charge is -2.28. The van der Waals surface area contributed by atoms with Crippen molar-refractivity contribution in [2.45, 2.75) is 44.1 Å². The van der Waals surface area contributed by atoms with E-state index in [2.05, 4.69) is 12.0 Å². The largest absolute Gasteiger partial charge is 0.365 e. The number of carbonyl (C=O) groups is 1. The normalized spacial score (nSPS) is 33.5. The van der Waals surface area contributed by atoms with Crippen LogP contribution in [0.1, 0.15) is 38.5 Å². The van der Waals surface area contributed by atoms with Crippen molar-refractivity contribution in [3.05, 3.63) is 11.6 Å². The predicted molar refractivity (Wildman–Crippen MR) is 62.9 cm³/mol. The van der Waals surface area contributed by atoms with Gasteiger partial charge in [0.15, 0.2) is 5.78 Å². The molecule has 0 radical (unpaired) electrons. The molecule has 0 saturated heterocycles. The Bertz CT molecular complexity index is 361. The van der Waals surface area contributed by atoms with E-state index in [0.717, 1.165) is 44.1 Å². The van der Waals surface area contributed by atoms with E-state index < -0.39 is 5.60 Å². The minimum atomic E-state index is -0.638. The molecule has 1 fully saturated rings. The number of allylic oxidation sites excluding steroid dienone is 2. The molecule has 86 valence electrons. The molecule has 2 atom stereocenters. The third-order valence-electron chi connectivity index (χ3n) is 3.89. The molecule has 0 amide bonds. The van der Waals surface area contributed by atoms with Gasteiger partial charge in [0.25, 0.3) is 0 Å². The fourth-order valence-corrected chi connectivity index (χ4v) is 2.91. The van der Waals surface area contributed by atoms with Crippen molar-refractivity contribution in [3.8, 4) is 12.3 Å². The first-order valence-corrected chi connectivity index (χ1v) is 5.99. The predicted octanol–water partition coefficient (Wildman–Crippen LogP) is 2.48. The highest BCUT2D eigenvalue weighted by atomic mass is 16.5. The summed E-state index contributed by atoms with van der Waals surface area (Å²) in [4.78, 5) is 12.3. The monoisotopic (exact) mass is 218 g/mol. The molecule has 0 spiro atoms. The smallest absolute Gasteiger partial charge is 0.165 e. The van der Waals surface area contributed by atoms with Gasteiger partial charge in [-0.15, -0.1) is 6.42 Å². The molecule has 0 aromatic rings. The quantitative estimate of drug-likeness (QED) is 0.680. The Labute approximate surface area is 97.1 Å². The number of rotatable bonds is 3. The number of methoxy groups -OCH3 is 1. The van der Waals surface area contributed by atoms with E-state index in [1.807, 2.05) is 0 Å². The van der Waals surface area contributed by atoms with Gasteiger partial charge in [-0.2, -0.15) is 0 Å². The number of ketones is 1. The zero-order chi connectivity index (χ0) is 11.6. The van der Waals surface area contributed by atoms with Gasteiger partial charge >= 0.3 is 0 Å². The lowest BCUT2D eigenvalue weighted by Crippen LogP contribution is -2.39. The molecule has 0 unspecified atom stereocenters. The summed E-state index contributed by atoms with van der Waals surface area (Å²) in [6.45, 7) is 0. The van der Waals surface area contributed by atoms with Crippen molar-refractivity contribution >= 4 is 5.78 Å². The second kappa shape index (κ2) is 4.43. The molecular weight excluding hydrogens is 200 g/mol. The maximum Gasteiger partial charge on any atom is 0.165 e. The van der Waals surface area contributed by atoms with Crippen LogP contribution in [0.4, 0.5) is 0 Å². The van der Waals surface area contributed by atoms with Crippen LogP contribution < -0.4 is 0 Å². The summed E-state index contributed by atoms with van der Waals surface area (Å²) < 4.78 is 5.46. The molecule has 2 aliphatic rings. The van der Waals surface area contributed by atoms with Crippen molar-refractivity contribution < 1.29 is 9.53 Å². The molecule has 0 N–H and O–H groups in total. The number of carbonyl (C=O) groups excluding carboxylic acids is 1. The molecule has 16 heavy (non-hydrogen) atoms. The number of terminal acetylenes is 1. The van der Waals surface area contributed by atoms with Gasteiger partial charge in [-0.25, -0.2) is 0 Å². The van der Waals surface area contributed by atoms with E-state index in [9.17, 15) is 4.79 Å². The lowest BCUT2D eigenvalue weighted by molar-refractivity contribution is -0.125. The summed E-state index contributed by atoms with van der Waals surface area (Å²) in [6.07, 6.45) is 13.3. The van der Waals surface area contributed by atoms with E-state index in [4.69, 9.17) is 11.2 Å². The third-order valence-corrected chi connectivity index (χ3v) is 3.89. The van der Waals surface area contributed by atoms with Crippen LogP contribution in [0, 0.1) is 18.3 Å². The fourth-order valence-electron chi connectivity index (χ4n) is 2.91. The van der Waals surface area contributed by atoms with Gasteiger partial charge in [0.05, 0.1) is 5.92 Å². The number of Topliss-reactive ketones (excluding diaryl/α,β-unsaturated/α-hetero) is 1. The van der Waals surface area contributed by atoms with E-state index in [0.29, 0.717) is 0 Å². The van der Waals surface area contributed by atoms with Gasteiger partial charge < -0.3 is 4.74 Å². The van der Waals surface area contributed by atoms with Crippen LogP contribution in [0.5, 0.6) is 0 Å². The van der Waals surface area contributed by atoms with E-state index in [-0.39, 0.29) is 11.7 Å². The van der Waals surface area contributed by atoms with Crippen molar-refractivity contribution in [2.75, 3.05) is 7.11 Å². The molecule has 2 rings (SSSR count). The van der Waals surface area contributed by atoms with Gasteiger partial charge in [0, 0.05) is 7.11 Å². The summed E-state index contributed by atoms with van der Waals surface area (Å²) in [5.74, 6) is 2.82. The van der Waals surface area contributed by atoms with Crippen LogP contribution >= 0.6 is 0 Å². The Balaban J connectivity index is 2.20. The molecule has 2 heteroatoms. The van der Waals surface area contributed by atoms with Crippen LogP contribution in [0.2, 0.25) is 0 Å². The Morgan fingerprint density at radius 2 is 2.44 bits per heavy atom. The van der Waals surface area contributed by atoms with Gasteiger partial charge in [0.1, 0.15) is 5.60 Å². The van der Waals surface area contributed by atoms with Gasteiger partial charge in [-0.05, 0) is 44.1 Å². The highest BCUT2D eigenvalue weighted by molar-refractivity contribution is 5.98. The van der Waals surface area contributed by atoms with Crippen LogP contribution in [0.25, 0.3) is 0 Å². The van der Waals surface area contributed by atoms with Crippen LogP contribution in [-0.4, -0.2) is 18.5 Å². The third kappa shape index (κ3) is 1.70. The summed E-state index contributed by atoms with van der Waals surface area (Å²) >= 11 is 0. The Morgan fingerprint density at radius 1 is 1.62 bits per heavy atom. The Hall–Kier alpha value is -1.07. The van der Waals surface area contributed by atoms with E-state index in [1.165, 1.54) is 0 Å². The SMILES string of the molecule is C#C[C@@]1(OC)CCC[C@H]1C(=O)C1=CCCC1. The highest BCUT2D eigenvalue weighted by Gasteiger charge is 2.46. The van der Waals surface area contributed by atoms with E-state index in [1.54, 1.807) is 7.11 Å². The molecule has 1 saturated carbocycles. The zero-order valence-electron chi connectivity index (χ0n) is 9.79. The standard InChI is InChI=1S/C14H18O2/c1-3-14(16-2)10-6-9-12(14)13(15)11-7-4-5-8-11/h1,7,12H,4-6,8-10H2,2H3/t12-,14+/m0/s1. The summed E-state index contributed by atoms with van der Waals surface area (Å²) in [6, 6.07) is 0. The second-order valence-electron chi connectivity index (χ2n) is 4.67. The molecule has 0 aromatic carbocycles. The molecule has 2 aliphatic carbocycles. The average Bonchev–Trinajstić information content (AvgIpc) is 2.97. The van der Waals surface area contributed by atoms with E-state index >= 15 is 0 Å². The molecule has 0 aromatic heterocycles. The lowest BCUT2D eigenvalue weighted by atomic mass is 9.84. The average molecular weight is 218 g/mol. The van der Waals surface area contributed by atoms with Crippen molar-refractivity contribution in [1.82, 2.24) is 0 Å². The topological polar surface area (TPSA) is 26.3 Å². The maximum atomic E-state index is 12.3. The van der Waals surface area contributed by atoms with Crippen LogP contribution in [0.15, 0.2) is 11.6 Å². The fraction of sp³-hybridized carbons (Fsp3) is 0.643. The van der Waals surface area contributed by atoms with Gasteiger partial charge in [-0.3, -0.25) is 4.79 Å². The van der Waals surface area contributed by atoms with Gasteiger partial charge in [-0.1, -0.05) is 12.0 Å². The highest BCUT2D eigenvalue weighted by Crippen LogP contribution is 2.40. The maximum absolute atomic E-state index is 12.3. The molecule has 0 aliphatic heterocycles. The second-order valence-corrected chi connectivity index (χ2v) is 4.67. The summed E-state index contributed by atoms with van der Waals surface area (Å²) in [5, 5.41) is 0. The Morgan fingerprint density at radius 3 is 3.00 bits per heavy atom. The number of hydrogen-bond acceptors (Lipinski definition) is 2. The van der Waals surface area contributed by atoms with Crippen LogP contribution in [-0.2, 0) is 9.53 Å². The molecule has 0 bridgehead atoms. The summed E-state index contributed by atoms with van der Waals surface area (Å²) in [5.41, 5.74) is 0.337. The van der Waals surface area contributed by atoms with Crippen molar-refractivity contribution in [3.63, 3.8) is 0 Å². The molecular formula is C14H18O2. The van der Waals surface area contributed by atoms with Crippen molar-refractivity contribution in [2.24, 2.45) is 5.92 Å². The first-order chi connectivity index (χ1) is 7.73.